The predicted octanol–water partition coefficient (Wildman–Crippen LogP) is 5.16. The van der Waals surface area contributed by atoms with Crippen molar-refractivity contribution >= 4 is 5.78 Å². The number of piperidine rings is 2. The molecular weight excluding hydrogens is 576 g/mol. The number of ether oxygens (including phenoxy) is 1. The van der Waals surface area contributed by atoms with Crippen molar-refractivity contribution in [2.45, 2.75) is 112 Å². The molecule has 7 atom stereocenters. The number of hydrogen-bond acceptors (Lipinski definition) is 7. The molecule has 7 nitrogen and oxygen atoms in total. The van der Waals surface area contributed by atoms with Crippen molar-refractivity contribution < 1.29 is 24.9 Å². The number of phenolic OH excluding ortho intramolecular Hbond substituents is 2. The van der Waals surface area contributed by atoms with Crippen molar-refractivity contribution in [2.75, 3.05) is 26.2 Å². The van der Waals surface area contributed by atoms with Crippen LogP contribution in [0.4, 0.5) is 0 Å². The first kappa shape index (κ1) is 29.3. The Hall–Kier alpha value is -2.87. The molecular formula is C39H48N2O5. The van der Waals surface area contributed by atoms with Gasteiger partial charge in [-0.3, -0.25) is 14.6 Å². The van der Waals surface area contributed by atoms with E-state index in [1.807, 2.05) is 12.1 Å². The van der Waals surface area contributed by atoms with E-state index < -0.39 is 17.1 Å². The minimum absolute atomic E-state index is 0.0454. The van der Waals surface area contributed by atoms with E-state index in [4.69, 9.17) is 4.74 Å². The van der Waals surface area contributed by atoms with Crippen LogP contribution in [-0.4, -0.2) is 80.9 Å². The number of ketones is 1. The largest absolute Gasteiger partial charge is 0.508 e. The Balaban J connectivity index is 0.000000129. The van der Waals surface area contributed by atoms with Gasteiger partial charge >= 0.3 is 0 Å². The standard InChI is InChI=1S/C20H23NO4.C19H25NO/c22-13-4-3-12-9-15-20(24)6-5-14(23)18-19(20,16(12)17(13)25-18)7-8-21(15)10-11-1-2-11;1-2-10-20-11-9-19-8-4-3-5-16(19)18(20)12-14-6-7-15(21)13-17(14)19/h3-4,11,15,18,22,24H,1-2,5-10H2;2,6-7,13,16,18,21H,1,3-5,8-12H2/t15-,18+,19+,20-;16-,18+,19+/m10/s1. The third-order valence-corrected chi connectivity index (χ3v) is 13.9. The van der Waals surface area contributed by atoms with Gasteiger partial charge in [0.25, 0.3) is 0 Å². The maximum Gasteiger partial charge on any atom is 0.174 e. The predicted molar refractivity (Wildman–Crippen MR) is 175 cm³/mol. The van der Waals surface area contributed by atoms with Gasteiger partial charge in [-0.05, 0) is 118 Å². The summed E-state index contributed by atoms with van der Waals surface area (Å²) in [6, 6.07) is 10.5. The van der Waals surface area contributed by atoms with Gasteiger partial charge in [-0.25, -0.2) is 0 Å². The van der Waals surface area contributed by atoms with Crippen LogP contribution in [0.2, 0.25) is 0 Å². The van der Waals surface area contributed by atoms with E-state index in [1.54, 1.807) is 6.07 Å². The fourth-order valence-electron chi connectivity index (χ4n) is 11.7. The minimum Gasteiger partial charge on any atom is -0.508 e. The Bertz CT molecular complexity index is 1600. The van der Waals surface area contributed by atoms with Gasteiger partial charge in [-0.2, -0.15) is 0 Å². The summed E-state index contributed by atoms with van der Waals surface area (Å²) in [7, 11) is 0. The molecule has 3 saturated carbocycles. The molecule has 4 bridgehead atoms. The average Bonchev–Trinajstić information content (AvgIpc) is 3.80. The van der Waals surface area contributed by atoms with Crippen LogP contribution in [0.15, 0.2) is 43.0 Å². The zero-order chi connectivity index (χ0) is 31.4. The van der Waals surface area contributed by atoms with Gasteiger partial charge in [0.15, 0.2) is 23.4 Å². The molecule has 5 aliphatic carbocycles. The first-order chi connectivity index (χ1) is 22.3. The number of rotatable bonds is 4. The lowest BCUT2D eigenvalue weighted by Crippen LogP contribution is -2.76. The molecule has 3 aliphatic heterocycles. The van der Waals surface area contributed by atoms with Gasteiger partial charge in [0, 0.05) is 42.6 Å². The molecule has 2 saturated heterocycles. The number of aromatic hydroxyl groups is 2. The highest BCUT2D eigenvalue weighted by molar-refractivity contribution is 5.90. The second-order valence-corrected chi connectivity index (χ2v) is 15.9. The summed E-state index contributed by atoms with van der Waals surface area (Å²) < 4.78 is 6.04. The molecule has 1 spiro atoms. The van der Waals surface area contributed by atoms with E-state index in [-0.39, 0.29) is 17.6 Å². The quantitative estimate of drug-likeness (QED) is 0.405. The highest BCUT2D eigenvalue weighted by atomic mass is 16.5. The highest BCUT2D eigenvalue weighted by Crippen LogP contribution is 2.65. The van der Waals surface area contributed by atoms with Crippen LogP contribution in [0.1, 0.15) is 86.5 Å². The van der Waals surface area contributed by atoms with Crippen molar-refractivity contribution in [2.24, 2.45) is 11.8 Å². The summed E-state index contributed by atoms with van der Waals surface area (Å²) >= 11 is 0. The number of fused-ring (bicyclic) bond motifs is 1. The molecule has 244 valence electrons. The lowest BCUT2D eigenvalue weighted by Gasteiger charge is -2.62. The topological polar surface area (TPSA) is 93.5 Å². The van der Waals surface area contributed by atoms with Gasteiger partial charge in [-0.15, -0.1) is 6.58 Å². The SMILES string of the molecule is C=CCN1CC[C@]23CCCC[C@H]2[C@H]1Cc1ccc(O)cc13.O=C1CC[C@@]2(O)[C@H]3Cc4ccc(O)c5c4[C@@]2(CCN3CC2CC2)[C@H]1O5. The van der Waals surface area contributed by atoms with E-state index >= 15 is 0 Å². The van der Waals surface area contributed by atoms with Crippen molar-refractivity contribution in [3.8, 4) is 17.2 Å². The summed E-state index contributed by atoms with van der Waals surface area (Å²) in [5, 5.41) is 32.3. The summed E-state index contributed by atoms with van der Waals surface area (Å²) in [4.78, 5) is 17.8. The summed E-state index contributed by atoms with van der Waals surface area (Å²) in [6.45, 7) is 8.10. The normalized spacial score (nSPS) is 38.4. The zero-order valence-electron chi connectivity index (χ0n) is 26.9. The Morgan fingerprint density at radius 3 is 2.61 bits per heavy atom. The molecule has 2 aromatic carbocycles. The van der Waals surface area contributed by atoms with Crippen LogP contribution >= 0.6 is 0 Å². The van der Waals surface area contributed by atoms with E-state index in [2.05, 4.69) is 34.6 Å². The van der Waals surface area contributed by atoms with E-state index in [0.717, 1.165) is 61.9 Å². The molecule has 8 aliphatic rings. The first-order valence-electron chi connectivity index (χ1n) is 18.0. The summed E-state index contributed by atoms with van der Waals surface area (Å²) in [6.07, 6.45) is 14.2. The molecule has 2 aromatic rings. The number of aliphatic hydroxyl groups is 1. The van der Waals surface area contributed by atoms with Crippen molar-refractivity contribution in [3.63, 3.8) is 0 Å². The molecule has 0 unspecified atom stereocenters. The Morgan fingerprint density at radius 2 is 1.78 bits per heavy atom. The van der Waals surface area contributed by atoms with Crippen LogP contribution in [0.25, 0.3) is 0 Å². The zero-order valence-corrected chi connectivity index (χ0v) is 26.9. The summed E-state index contributed by atoms with van der Waals surface area (Å²) in [5.74, 6) is 2.60. The minimum atomic E-state index is -0.940. The smallest absolute Gasteiger partial charge is 0.174 e. The third kappa shape index (κ3) is 3.91. The lowest BCUT2D eigenvalue weighted by molar-refractivity contribution is -0.188. The molecule has 0 radical (unpaired) electrons. The number of carbonyl (C=O) groups is 1. The van der Waals surface area contributed by atoms with Crippen molar-refractivity contribution in [1.29, 1.82) is 0 Å². The number of hydrogen-bond donors (Lipinski definition) is 3. The van der Waals surface area contributed by atoms with Gasteiger partial charge < -0.3 is 20.1 Å². The van der Waals surface area contributed by atoms with E-state index in [0.29, 0.717) is 35.8 Å². The lowest BCUT2D eigenvalue weighted by atomic mass is 9.49. The van der Waals surface area contributed by atoms with Gasteiger partial charge in [0.1, 0.15) is 5.75 Å². The second kappa shape index (κ2) is 10.3. The van der Waals surface area contributed by atoms with Gasteiger partial charge in [0.05, 0.1) is 11.0 Å². The fourth-order valence-corrected chi connectivity index (χ4v) is 11.7. The second-order valence-electron chi connectivity index (χ2n) is 15.9. The number of carbonyl (C=O) groups excluding carboxylic acids is 1. The monoisotopic (exact) mass is 624 g/mol. The molecule has 3 N–H and O–H groups in total. The number of Topliss-reactive ketones (excluding diaryl/α,β-unsaturated/α-hetero) is 1. The van der Waals surface area contributed by atoms with Crippen molar-refractivity contribution in [1.82, 2.24) is 9.80 Å². The van der Waals surface area contributed by atoms with Gasteiger partial charge in [-0.1, -0.05) is 31.1 Å². The van der Waals surface area contributed by atoms with E-state index in [1.165, 1.54) is 62.6 Å². The van der Waals surface area contributed by atoms with E-state index in [9.17, 15) is 20.1 Å². The Labute approximate surface area is 272 Å². The molecule has 0 aromatic heterocycles. The maximum atomic E-state index is 12.7. The average molecular weight is 625 g/mol. The van der Waals surface area contributed by atoms with Crippen molar-refractivity contribution in [3.05, 3.63) is 65.2 Å². The number of benzene rings is 2. The number of phenols is 2. The number of likely N-dealkylation sites (tertiary alicyclic amines) is 2. The van der Waals surface area contributed by atoms with Crippen LogP contribution < -0.4 is 4.74 Å². The van der Waals surface area contributed by atoms with Crippen LogP contribution in [0.3, 0.4) is 0 Å². The molecule has 5 fully saturated rings. The Morgan fingerprint density at radius 1 is 0.957 bits per heavy atom. The molecule has 7 heteroatoms. The summed E-state index contributed by atoms with van der Waals surface area (Å²) in [5.41, 5.74) is 3.74. The van der Waals surface area contributed by atoms with Crippen LogP contribution in [0.5, 0.6) is 17.2 Å². The first-order valence-corrected chi connectivity index (χ1v) is 18.0. The maximum absolute atomic E-state index is 12.7. The van der Waals surface area contributed by atoms with Crippen LogP contribution in [-0.2, 0) is 28.5 Å². The molecule has 0 amide bonds. The Kier molecular flexibility index (Phi) is 6.57. The van der Waals surface area contributed by atoms with Crippen LogP contribution in [0, 0.1) is 11.8 Å². The van der Waals surface area contributed by atoms with Gasteiger partial charge in [0.2, 0.25) is 0 Å². The molecule has 10 rings (SSSR count). The third-order valence-electron chi connectivity index (χ3n) is 13.9. The highest BCUT2D eigenvalue weighted by Gasteiger charge is 2.73. The molecule has 3 heterocycles. The fraction of sp³-hybridized carbons (Fsp3) is 0.615. The molecule has 46 heavy (non-hydrogen) atoms. The number of nitrogens with zero attached hydrogens (tertiary/aromatic N) is 2.